The fraction of sp³-hybridized carbons (Fsp3) is 0.333. The van der Waals surface area contributed by atoms with E-state index in [-0.39, 0.29) is 6.03 Å². The van der Waals surface area contributed by atoms with E-state index < -0.39 is 17.7 Å². The van der Waals surface area contributed by atoms with Crippen LogP contribution in [0.1, 0.15) is 18.0 Å². The molecule has 0 N–H and O–H groups in total. The maximum absolute atomic E-state index is 13.6. The summed E-state index contributed by atoms with van der Waals surface area (Å²) >= 11 is 5.91. The number of urea groups is 1. The molecule has 2 amide bonds. The molecule has 146 valence electrons. The molecule has 0 saturated carbocycles. The van der Waals surface area contributed by atoms with Gasteiger partial charge in [0.05, 0.1) is 6.04 Å². The lowest BCUT2D eigenvalue weighted by Gasteiger charge is -2.37. The van der Waals surface area contributed by atoms with Gasteiger partial charge in [-0.1, -0.05) is 11.6 Å². The van der Waals surface area contributed by atoms with Crippen molar-refractivity contribution >= 4 is 29.8 Å². The first-order valence-corrected chi connectivity index (χ1v) is 9.19. The standard InChI is InChI=1S/C18H17ClF2N6O/c19-16-2-3-22-17(24-16)25-5-7-26(8-6-25)18(28)27-15(1-4-23-27)12-9-13(20)11-14(21)10-12/h2-4,9-11,15H,1,5-8H2/t15-/m0/s1. The smallest absolute Gasteiger partial charge is 0.337 e. The van der Waals surface area contributed by atoms with E-state index in [0.717, 1.165) is 6.07 Å². The zero-order valence-electron chi connectivity index (χ0n) is 14.8. The molecule has 2 aromatic rings. The average Bonchev–Trinajstić information content (AvgIpc) is 3.17. The zero-order valence-corrected chi connectivity index (χ0v) is 15.6. The lowest BCUT2D eigenvalue weighted by molar-refractivity contribution is 0.139. The van der Waals surface area contributed by atoms with Crippen LogP contribution >= 0.6 is 11.6 Å². The van der Waals surface area contributed by atoms with E-state index in [1.54, 1.807) is 23.4 Å². The van der Waals surface area contributed by atoms with Gasteiger partial charge in [-0.05, 0) is 23.8 Å². The number of hydrogen-bond acceptors (Lipinski definition) is 5. The maximum Gasteiger partial charge on any atom is 0.341 e. The number of aromatic nitrogens is 2. The predicted molar refractivity (Wildman–Crippen MR) is 100 cm³/mol. The summed E-state index contributed by atoms with van der Waals surface area (Å²) in [6, 6.07) is 4.06. The minimum atomic E-state index is -0.676. The second-order valence-electron chi connectivity index (χ2n) is 6.53. The Morgan fingerprint density at radius 1 is 1.11 bits per heavy atom. The Balaban J connectivity index is 1.44. The van der Waals surface area contributed by atoms with Crippen molar-refractivity contribution in [1.29, 1.82) is 0 Å². The Hall–Kier alpha value is -2.81. The lowest BCUT2D eigenvalue weighted by Crippen LogP contribution is -2.52. The molecule has 2 aliphatic heterocycles. The van der Waals surface area contributed by atoms with Gasteiger partial charge < -0.3 is 9.80 Å². The minimum absolute atomic E-state index is 0.296. The van der Waals surface area contributed by atoms with E-state index in [0.29, 0.717) is 49.3 Å². The first-order chi connectivity index (χ1) is 13.5. The fourth-order valence-corrected chi connectivity index (χ4v) is 3.50. The number of piperazine rings is 1. The van der Waals surface area contributed by atoms with Gasteiger partial charge in [0.2, 0.25) is 5.95 Å². The van der Waals surface area contributed by atoms with Crippen LogP contribution in [-0.2, 0) is 0 Å². The highest BCUT2D eigenvalue weighted by molar-refractivity contribution is 6.29. The quantitative estimate of drug-likeness (QED) is 0.719. The van der Waals surface area contributed by atoms with Crippen molar-refractivity contribution < 1.29 is 13.6 Å². The molecule has 0 spiro atoms. The number of carbonyl (C=O) groups excluding carboxylic acids is 1. The van der Waals surface area contributed by atoms with Gasteiger partial charge in [-0.3, -0.25) is 0 Å². The normalized spacial score (nSPS) is 19.4. The summed E-state index contributed by atoms with van der Waals surface area (Å²) in [5.74, 6) is -0.833. The molecule has 4 rings (SSSR count). The zero-order chi connectivity index (χ0) is 19.7. The number of halogens is 3. The van der Waals surface area contributed by atoms with Gasteiger partial charge in [-0.2, -0.15) is 5.10 Å². The molecule has 0 aliphatic carbocycles. The van der Waals surface area contributed by atoms with E-state index in [2.05, 4.69) is 15.1 Å². The number of hydrogen-bond donors (Lipinski definition) is 0. The Bertz CT molecular complexity index is 898. The van der Waals surface area contributed by atoms with Gasteiger partial charge >= 0.3 is 6.03 Å². The fourth-order valence-electron chi connectivity index (χ4n) is 3.36. The summed E-state index contributed by atoms with van der Waals surface area (Å²) in [5.41, 5.74) is 0.384. The van der Waals surface area contributed by atoms with Gasteiger partial charge in [0.15, 0.2) is 0 Å². The summed E-state index contributed by atoms with van der Waals surface area (Å²) in [6.45, 7) is 1.99. The van der Waals surface area contributed by atoms with Crippen molar-refractivity contribution in [2.45, 2.75) is 12.5 Å². The molecule has 1 aromatic heterocycles. The van der Waals surface area contributed by atoms with E-state index in [1.165, 1.54) is 17.1 Å². The topological polar surface area (TPSA) is 64.9 Å². The molecule has 10 heteroatoms. The Labute approximate surface area is 165 Å². The number of hydrazone groups is 1. The number of amides is 2. The van der Waals surface area contributed by atoms with Crippen LogP contribution < -0.4 is 4.90 Å². The molecular formula is C18H17ClF2N6O. The molecule has 0 bridgehead atoms. The van der Waals surface area contributed by atoms with Crippen molar-refractivity contribution in [3.05, 3.63) is 52.8 Å². The monoisotopic (exact) mass is 406 g/mol. The van der Waals surface area contributed by atoms with Gasteiger partial charge in [0.25, 0.3) is 0 Å². The second kappa shape index (κ2) is 7.67. The molecule has 1 saturated heterocycles. The summed E-state index contributed by atoms with van der Waals surface area (Å²) < 4.78 is 27.2. The summed E-state index contributed by atoms with van der Waals surface area (Å²) in [5, 5.41) is 5.79. The van der Waals surface area contributed by atoms with Gasteiger partial charge in [0.1, 0.15) is 16.8 Å². The first kappa shape index (κ1) is 18.5. The predicted octanol–water partition coefficient (Wildman–Crippen LogP) is 3.08. The van der Waals surface area contributed by atoms with Crippen LogP contribution in [0.3, 0.4) is 0 Å². The largest absolute Gasteiger partial charge is 0.341 e. The third-order valence-corrected chi connectivity index (χ3v) is 4.95. The Morgan fingerprint density at radius 3 is 2.50 bits per heavy atom. The second-order valence-corrected chi connectivity index (χ2v) is 6.92. The molecule has 0 radical (unpaired) electrons. The van der Waals surface area contributed by atoms with Crippen LogP contribution in [-0.4, -0.2) is 58.3 Å². The molecule has 7 nitrogen and oxygen atoms in total. The average molecular weight is 407 g/mol. The van der Waals surface area contributed by atoms with Crippen molar-refractivity contribution in [3.63, 3.8) is 0 Å². The van der Waals surface area contributed by atoms with Gasteiger partial charge in [-0.15, -0.1) is 0 Å². The summed E-state index contributed by atoms with van der Waals surface area (Å²) in [6.07, 6.45) is 3.58. The van der Waals surface area contributed by atoms with Crippen molar-refractivity contribution in [2.24, 2.45) is 5.10 Å². The van der Waals surface area contributed by atoms with Crippen LogP contribution in [0, 0.1) is 11.6 Å². The van der Waals surface area contributed by atoms with Crippen molar-refractivity contribution in [2.75, 3.05) is 31.1 Å². The highest BCUT2D eigenvalue weighted by Crippen LogP contribution is 2.30. The minimum Gasteiger partial charge on any atom is -0.337 e. The molecule has 3 heterocycles. The number of nitrogens with zero attached hydrogens (tertiary/aromatic N) is 6. The van der Waals surface area contributed by atoms with Crippen LogP contribution in [0.2, 0.25) is 5.15 Å². The van der Waals surface area contributed by atoms with Gasteiger partial charge in [-0.25, -0.2) is 28.6 Å². The number of rotatable bonds is 2. The van der Waals surface area contributed by atoms with Crippen LogP contribution in [0.4, 0.5) is 19.5 Å². The molecule has 1 aromatic carbocycles. The van der Waals surface area contributed by atoms with E-state index >= 15 is 0 Å². The molecule has 0 unspecified atom stereocenters. The number of anilines is 1. The highest BCUT2D eigenvalue weighted by atomic mass is 35.5. The lowest BCUT2D eigenvalue weighted by atomic mass is 10.0. The molecule has 1 fully saturated rings. The number of carbonyl (C=O) groups is 1. The van der Waals surface area contributed by atoms with E-state index in [1.807, 2.05) is 4.90 Å². The Morgan fingerprint density at radius 2 is 1.82 bits per heavy atom. The maximum atomic E-state index is 13.6. The van der Waals surface area contributed by atoms with Gasteiger partial charge in [0, 0.05) is 51.1 Å². The molecule has 2 aliphatic rings. The third-order valence-electron chi connectivity index (χ3n) is 4.74. The van der Waals surface area contributed by atoms with Crippen LogP contribution in [0.15, 0.2) is 35.6 Å². The van der Waals surface area contributed by atoms with Crippen molar-refractivity contribution in [3.8, 4) is 0 Å². The SMILES string of the molecule is O=C(N1CCN(c2nccc(Cl)n2)CC1)N1N=CC[C@H]1c1cc(F)cc(F)c1. The third kappa shape index (κ3) is 3.75. The summed E-state index contributed by atoms with van der Waals surface area (Å²) in [4.78, 5) is 24.9. The van der Waals surface area contributed by atoms with Crippen LogP contribution in [0.25, 0.3) is 0 Å². The van der Waals surface area contributed by atoms with Crippen molar-refractivity contribution in [1.82, 2.24) is 19.9 Å². The highest BCUT2D eigenvalue weighted by Gasteiger charge is 2.33. The number of benzene rings is 1. The van der Waals surface area contributed by atoms with Crippen LogP contribution in [0.5, 0.6) is 0 Å². The van der Waals surface area contributed by atoms with E-state index in [4.69, 9.17) is 11.6 Å². The summed E-state index contributed by atoms with van der Waals surface area (Å²) in [7, 11) is 0. The van der Waals surface area contributed by atoms with E-state index in [9.17, 15) is 13.6 Å². The molecule has 28 heavy (non-hydrogen) atoms. The Kier molecular flexibility index (Phi) is 5.08. The molecule has 1 atom stereocenters. The molecular weight excluding hydrogens is 390 g/mol. The first-order valence-electron chi connectivity index (χ1n) is 8.81.